The number of carboxylic acid groups (broad SMARTS) is 1. The first-order valence-corrected chi connectivity index (χ1v) is 10.7. The van der Waals surface area contributed by atoms with Crippen LogP contribution in [0.25, 0.3) is 0 Å². The van der Waals surface area contributed by atoms with E-state index in [-0.39, 0.29) is 29.3 Å². The lowest BCUT2D eigenvalue weighted by Crippen LogP contribution is -2.37. The first-order valence-electron chi connectivity index (χ1n) is 9.42. The monoisotopic (exact) mass is 426 g/mol. The van der Waals surface area contributed by atoms with E-state index in [2.05, 4.69) is 6.07 Å². The largest absolute Gasteiger partial charge is 0.478 e. The maximum atomic E-state index is 12.0. The Morgan fingerprint density at radius 3 is 2.54 bits per heavy atom. The number of ether oxygens (including phenoxy) is 2. The van der Waals surface area contributed by atoms with Crippen molar-refractivity contribution in [1.82, 2.24) is 0 Å². The zero-order valence-corrected chi connectivity index (χ0v) is 16.8. The van der Waals surface area contributed by atoms with Gasteiger partial charge >= 0.3 is 5.97 Å². The van der Waals surface area contributed by atoms with Crippen LogP contribution in [0.5, 0.6) is 0 Å². The summed E-state index contributed by atoms with van der Waals surface area (Å²) in [6.45, 7) is -0.581. The fourth-order valence-corrected chi connectivity index (χ4v) is 6.19. The second-order valence-electron chi connectivity index (χ2n) is 7.39. The molecule has 4 atom stereocenters. The molecule has 0 bridgehead atoms. The van der Waals surface area contributed by atoms with E-state index in [1.165, 1.54) is 11.6 Å². The zero-order chi connectivity index (χ0) is 19.9. The number of hydrogen-bond donors (Lipinski definition) is 3. The Kier molecular flexibility index (Phi) is 5.75. The van der Waals surface area contributed by atoms with Crippen LogP contribution in [0.1, 0.15) is 35.6 Å². The minimum absolute atomic E-state index is 0.189. The maximum Gasteiger partial charge on any atom is 0.332 e. The number of aliphatic carboxylic acids is 1. The highest BCUT2D eigenvalue weighted by molar-refractivity contribution is 8.00. The summed E-state index contributed by atoms with van der Waals surface area (Å²) in [5.74, 6) is -2.19. The van der Waals surface area contributed by atoms with Gasteiger partial charge in [0.05, 0.1) is 18.8 Å². The summed E-state index contributed by atoms with van der Waals surface area (Å²) in [4.78, 5) is 12.0. The lowest BCUT2D eigenvalue weighted by Gasteiger charge is -2.34. The fourth-order valence-electron chi connectivity index (χ4n) is 4.33. The van der Waals surface area contributed by atoms with Crippen molar-refractivity contribution in [1.29, 1.82) is 0 Å². The van der Waals surface area contributed by atoms with Gasteiger partial charge in [-0.15, -0.1) is 11.8 Å². The van der Waals surface area contributed by atoms with Crippen molar-refractivity contribution in [3.8, 4) is 0 Å². The summed E-state index contributed by atoms with van der Waals surface area (Å²) < 4.78 is 11.6. The average molecular weight is 427 g/mol. The molecule has 1 aliphatic heterocycles. The molecule has 0 saturated carbocycles. The number of rotatable bonds is 5. The van der Waals surface area contributed by atoms with Crippen LogP contribution in [0.4, 0.5) is 0 Å². The van der Waals surface area contributed by atoms with Crippen LogP contribution >= 0.6 is 23.4 Å². The Balaban J connectivity index is 1.56. The summed E-state index contributed by atoms with van der Waals surface area (Å²) >= 11 is 7.96. The highest BCUT2D eigenvalue weighted by Crippen LogP contribution is 2.50. The van der Waals surface area contributed by atoms with E-state index in [9.17, 15) is 20.1 Å². The van der Waals surface area contributed by atoms with Crippen molar-refractivity contribution >= 4 is 29.3 Å². The predicted molar refractivity (Wildman–Crippen MR) is 105 cm³/mol. The van der Waals surface area contributed by atoms with E-state index in [4.69, 9.17) is 21.1 Å². The van der Waals surface area contributed by atoms with Gasteiger partial charge in [-0.25, -0.2) is 4.79 Å². The number of carboxylic acids is 1. The van der Waals surface area contributed by atoms with Crippen LogP contribution in [0.3, 0.4) is 0 Å². The molecule has 1 fully saturated rings. The van der Waals surface area contributed by atoms with Gasteiger partial charge in [0.2, 0.25) is 0 Å². The molecule has 1 aromatic carbocycles. The summed E-state index contributed by atoms with van der Waals surface area (Å²) in [7, 11) is 0. The molecule has 0 radical (unpaired) electrons. The van der Waals surface area contributed by atoms with Gasteiger partial charge in [0.25, 0.3) is 0 Å². The normalized spacial score (nSPS) is 31.0. The van der Waals surface area contributed by atoms with Gasteiger partial charge in [-0.3, -0.25) is 0 Å². The highest BCUT2D eigenvalue weighted by atomic mass is 35.5. The third kappa shape index (κ3) is 3.60. The van der Waals surface area contributed by atoms with Crippen molar-refractivity contribution in [3.63, 3.8) is 0 Å². The van der Waals surface area contributed by atoms with Crippen molar-refractivity contribution in [3.05, 3.63) is 46.0 Å². The number of carbonyl (C=O) groups is 1. The van der Waals surface area contributed by atoms with Gasteiger partial charge in [-0.05, 0) is 42.5 Å². The minimum Gasteiger partial charge on any atom is -0.478 e. The fraction of sp³-hybridized carbons (Fsp3) is 0.550. The van der Waals surface area contributed by atoms with Gasteiger partial charge in [0.15, 0.2) is 5.79 Å². The van der Waals surface area contributed by atoms with Gasteiger partial charge in [-0.1, -0.05) is 23.7 Å². The number of aliphatic hydroxyl groups excluding tert-OH is 2. The van der Waals surface area contributed by atoms with Gasteiger partial charge in [-0.2, -0.15) is 0 Å². The standard InChI is InChI=1S/C20H23ClO6S/c21-14-3-1-2-12-11(14)4-5-17(12)28-18-6-7-20(8-13(18)19(24)25)26-15(9-22)16(10-23)27-20/h1-3,8,15-18,22-23H,4-7,9-10H2,(H,24,25)/t15-,16-,17?,18?/m0/s1. The number of hydrogen-bond acceptors (Lipinski definition) is 6. The number of benzene rings is 1. The summed E-state index contributed by atoms with van der Waals surface area (Å²) in [6.07, 6.45) is 3.09. The Morgan fingerprint density at radius 2 is 1.89 bits per heavy atom. The molecule has 1 spiro atoms. The molecule has 2 unspecified atom stereocenters. The van der Waals surface area contributed by atoms with E-state index in [0.717, 1.165) is 23.4 Å². The van der Waals surface area contributed by atoms with Gasteiger partial charge in [0, 0.05) is 21.9 Å². The average Bonchev–Trinajstić information content (AvgIpc) is 3.25. The summed E-state index contributed by atoms with van der Waals surface area (Å²) in [6, 6.07) is 5.90. The molecule has 0 amide bonds. The van der Waals surface area contributed by atoms with Crippen LogP contribution in [0.15, 0.2) is 29.8 Å². The third-order valence-corrected chi connectivity index (χ3v) is 7.68. The zero-order valence-electron chi connectivity index (χ0n) is 15.2. The summed E-state index contributed by atoms with van der Waals surface area (Å²) in [5.41, 5.74) is 2.60. The number of aliphatic hydroxyl groups is 2. The number of halogens is 1. The molecule has 28 heavy (non-hydrogen) atoms. The van der Waals surface area contributed by atoms with Crippen LogP contribution in [0, 0.1) is 0 Å². The molecule has 3 aliphatic rings. The number of thioether (sulfide) groups is 1. The second kappa shape index (κ2) is 7.97. The Bertz CT molecular complexity index is 785. The molecule has 1 aromatic rings. The first kappa shape index (κ1) is 20.2. The Hall–Kier alpha value is -1.09. The van der Waals surface area contributed by atoms with Crippen LogP contribution in [-0.4, -0.2) is 57.7 Å². The first-order chi connectivity index (χ1) is 13.5. The smallest absolute Gasteiger partial charge is 0.332 e. The molecule has 2 aliphatic carbocycles. The van der Waals surface area contributed by atoms with Crippen LogP contribution in [0.2, 0.25) is 5.02 Å². The molecule has 8 heteroatoms. The molecule has 1 heterocycles. The lowest BCUT2D eigenvalue weighted by molar-refractivity contribution is -0.153. The van der Waals surface area contributed by atoms with Crippen molar-refractivity contribution in [2.75, 3.05) is 13.2 Å². The third-order valence-electron chi connectivity index (χ3n) is 5.69. The van der Waals surface area contributed by atoms with E-state index in [1.54, 1.807) is 11.8 Å². The molecule has 0 aromatic heterocycles. The maximum absolute atomic E-state index is 12.0. The van der Waals surface area contributed by atoms with E-state index < -0.39 is 24.0 Å². The van der Waals surface area contributed by atoms with Crippen molar-refractivity contribution in [2.24, 2.45) is 0 Å². The van der Waals surface area contributed by atoms with Crippen LogP contribution in [-0.2, 0) is 20.7 Å². The summed E-state index contributed by atoms with van der Waals surface area (Å²) in [5, 5.41) is 29.5. The lowest BCUT2D eigenvalue weighted by atomic mass is 9.94. The molecule has 3 N–H and O–H groups in total. The Labute approximate surface area is 172 Å². The molecule has 1 saturated heterocycles. The Morgan fingerprint density at radius 1 is 1.18 bits per heavy atom. The highest BCUT2D eigenvalue weighted by Gasteiger charge is 2.49. The minimum atomic E-state index is -1.19. The molecular weight excluding hydrogens is 404 g/mol. The second-order valence-corrected chi connectivity index (χ2v) is 9.21. The molecule has 6 nitrogen and oxygen atoms in total. The van der Waals surface area contributed by atoms with Gasteiger partial charge in [0.1, 0.15) is 12.2 Å². The molecular formula is C20H23ClO6S. The van der Waals surface area contributed by atoms with Crippen LogP contribution < -0.4 is 0 Å². The molecule has 4 rings (SSSR count). The quantitative estimate of drug-likeness (QED) is 0.666. The van der Waals surface area contributed by atoms with E-state index in [0.29, 0.717) is 12.8 Å². The number of fused-ring (bicyclic) bond motifs is 1. The molecule has 152 valence electrons. The topological polar surface area (TPSA) is 96.2 Å². The van der Waals surface area contributed by atoms with E-state index in [1.807, 2.05) is 12.1 Å². The van der Waals surface area contributed by atoms with E-state index >= 15 is 0 Å². The SMILES string of the molecule is O=C(O)C1=CC2(CCC1SC1CCc3c(Cl)cccc31)O[C@@H](CO)[C@H](CO)O2. The van der Waals surface area contributed by atoms with Crippen molar-refractivity contribution in [2.45, 2.75) is 54.2 Å². The predicted octanol–water partition coefficient (Wildman–Crippen LogP) is 2.70. The van der Waals surface area contributed by atoms with Crippen molar-refractivity contribution < 1.29 is 29.6 Å². The van der Waals surface area contributed by atoms with Gasteiger partial charge < -0.3 is 24.8 Å².